The molecule has 1 amide bonds. The highest BCUT2D eigenvalue weighted by atomic mass is 16.5. The molecule has 1 aromatic rings. The minimum Gasteiger partial charge on any atom is -0.497 e. The van der Waals surface area contributed by atoms with Crippen molar-refractivity contribution >= 4 is 11.6 Å². The number of carbonyl (C=O) groups is 1. The number of benzene rings is 1. The van der Waals surface area contributed by atoms with Gasteiger partial charge < -0.3 is 15.2 Å². The molecule has 2 N–H and O–H groups in total. The average Bonchev–Trinajstić information content (AvgIpc) is 2.38. The Morgan fingerprint density at radius 2 is 2.16 bits per heavy atom. The van der Waals surface area contributed by atoms with Gasteiger partial charge >= 0.3 is 0 Å². The van der Waals surface area contributed by atoms with Crippen LogP contribution in [0.4, 0.5) is 5.69 Å². The largest absolute Gasteiger partial charge is 0.497 e. The monoisotopic (exact) mass is 266 g/mol. The second-order valence-corrected chi connectivity index (χ2v) is 5.11. The van der Waals surface area contributed by atoms with E-state index in [1.807, 2.05) is 30.9 Å². The van der Waals surface area contributed by atoms with Crippen LogP contribution in [-0.2, 0) is 4.79 Å². The van der Waals surface area contributed by atoms with Crippen LogP contribution in [0, 0.1) is 0 Å². The van der Waals surface area contributed by atoms with E-state index < -0.39 is 5.54 Å². The van der Waals surface area contributed by atoms with Crippen molar-refractivity contribution in [2.75, 3.05) is 32.6 Å². The van der Waals surface area contributed by atoms with Crippen molar-refractivity contribution in [1.29, 1.82) is 0 Å². The number of nitrogens with zero attached hydrogens (tertiary/aromatic N) is 1. The smallest absolute Gasteiger partial charge is 0.238 e. The van der Waals surface area contributed by atoms with Crippen molar-refractivity contribution in [2.45, 2.75) is 19.4 Å². The number of ether oxygens (including phenoxy) is 1. The summed E-state index contributed by atoms with van der Waals surface area (Å²) in [7, 11) is 3.39. The lowest BCUT2D eigenvalue weighted by molar-refractivity contribution is -0.118. The summed E-state index contributed by atoms with van der Waals surface area (Å²) < 4.78 is 5.09. The van der Waals surface area contributed by atoms with Crippen LogP contribution >= 0.6 is 0 Å². The fourth-order valence-corrected chi connectivity index (χ4v) is 1.45. The molecule has 0 radical (unpaired) electrons. The quantitative estimate of drug-likeness (QED) is 0.815. The molecule has 0 aliphatic heterocycles. The Kier molecular flexibility index (Phi) is 5.32. The number of methoxy groups -OCH3 is 1. The molecule has 0 saturated carbocycles. The first-order valence-electron chi connectivity index (χ1n) is 6.15. The average molecular weight is 266 g/mol. The maximum atomic E-state index is 11.9. The van der Waals surface area contributed by atoms with E-state index in [0.29, 0.717) is 11.4 Å². The van der Waals surface area contributed by atoms with Crippen molar-refractivity contribution in [1.82, 2.24) is 4.90 Å². The normalized spacial score (nSPS) is 11.5. The molecule has 0 fully saturated rings. The number of rotatable bonds is 6. The van der Waals surface area contributed by atoms with Crippen LogP contribution in [-0.4, -0.2) is 48.8 Å². The first kappa shape index (κ1) is 15.5. The van der Waals surface area contributed by atoms with Crippen molar-refractivity contribution in [3.63, 3.8) is 0 Å². The molecule has 19 heavy (non-hydrogen) atoms. The molecule has 0 aliphatic rings. The van der Waals surface area contributed by atoms with E-state index in [4.69, 9.17) is 4.74 Å². The van der Waals surface area contributed by atoms with Crippen LogP contribution in [0.25, 0.3) is 0 Å². The third-order valence-corrected chi connectivity index (χ3v) is 3.15. The molecule has 0 unspecified atom stereocenters. The van der Waals surface area contributed by atoms with Gasteiger partial charge in [-0.1, -0.05) is 6.07 Å². The second-order valence-electron chi connectivity index (χ2n) is 5.11. The lowest BCUT2D eigenvalue weighted by atomic mass is 10.1. The summed E-state index contributed by atoms with van der Waals surface area (Å²) in [5.74, 6) is 0.569. The molecule has 5 heteroatoms. The van der Waals surface area contributed by atoms with E-state index in [1.54, 1.807) is 26.3 Å². The first-order valence-corrected chi connectivity index (χ1v) is 6.15. The number of hydrogen-bond acceptors (Lipinski definition) is 4. The van der Waals surface area contributed by atoms with Gasteiger partial charge in [-0.3, -0.25) is 9.69 Å². The van der Waals surface area contributed by atoms with E-state index in [9.17, 15) is 9.90 Å². The summed E-state index contributed by atoms with van der Waals surface area (Å²) in [4.78, 5) is 13.7. The number of nitrogens with one attached hydrogen (secondary N) is 1. The molecule has 5 nitrogen and oxygen atoms in total. The van der Waals surface area contributed by atoms with Crippen LogP contribution in [0.15, 0.2) is 24.3 Å². The topological polar surface area (TPSA) is 61.8 Å². The third kappa shape index (κ3) is 4.54. The summed E-state index contributed by atoms with van der Waals surface area (Å²) in [6.45, 7) is 3.97. The highest BCUT2D eigenvalue weighted by Gasteiger charge is 2.24. The summed E-state index contributed by atoms with van der Waals surface area (Å²) in [6.07, 6.45) is 0. The zero-order valence-electron chi connectivity index (χ0n) is 11.9. The summed E-state index contributed by atoms with van der Waals surface area (Å²) in [5, 5.41) is 12.0. The van der Waals surface area contributed by atoms with Crippen LogP contribution in [0.5, 0.6) is 5.75 Å². The predicted molar refractivity (Wildman–Crippen MR) is 75.4 cm³/mol. The SMILES string of the molecule is COc1cccc(NC(=O)CN(C)C(C)(C)CO)c1. The summed E-state index contributed by atoms with van der Waals surface area (Å²) in [6, 6.07) is 7.19. The second kappa shape index (κ2) is 6.54. The molecule has 0 aromatic heterocycles. The van der Waals surface area contributed by atoms with E-state index in [-0.39, 0.29) is 19.1 Å². The van der Waals surface area contributed by atoms with Crippen molar-refractivity contribution in [3.05, 3.63) is 24.3 Å². The Balaban J connectivity index is 2.60. The minimum atomic E-state index is -0.425. The van der Waals surface area contributed by atoms with Gasteiger partial charge in [0, 0.05) is 17.3 Å². The zero-order valence-corrected chi connectivity index (χ0v) is 11.9. The van der Waals surface area contributed by atoms with Crippen molar-refractivity contribution < 1.29 is 14.6 Å². The molecule has 1 rings (SSSR count). The number of likely N-dealkylation sites (N-methyl/N-ethyl adjacent to an activating group) is 1. The zero-order chi connectivity index (χ0) is 14.5. The lowest BCUT2D eigenvalue weighted by Gasteiger charge is -2.33. The fourth-order valence-electron chi connectivity index (χ4n) is 1.45. The molecule has 1 aromatic carbocycles. The molecular formula is C14H22N2O3. The van der Waals surface area contributed by atoms with Crippen LogP contribution in [0.3, 0.4) is 0 Å². The molecule has 0 atom stereocenters. The Bertz CT molecular complexity index is 432. The number of carbonyl (C=O) groups excluding carboxylic acids is 1. The highest BCUT2D eigenvalue weighted by molar-refractivity contribution is 5.92. The van der Waals surface area contributed by atoms with E-state index >= 15 is 0 Å². The summed E-state index contributed by atoms with van der Waals surface area (Å²) in [5.41, 5.74) is 0.269. The Morgan fingerprint density at radius 1 is 1.47 bits per heavy atom. The van der Waals surface area contributed by atoms with Crippen LogP contribution in [0.1, 0.15) is 13.8 Å². The fraction of sp³-hybridized carbons (Fsp3) is 0.500. The number of anilines is 1. The molecule has 106 valence electrons. The van der Waals surface area contributed by atoms with Crippen LogP contribution in [0.2, 0.25) is 0 Å². The number of hydrogen-bond donors (Lipinski definition) is 2. The van der Waals surface area contributed by atoms with Gasteiger partial charge in [-0.05, 0) is 33.0 Å². The van der Waals surface area contributed by atoms with Gasteiger partial charge in [0.25, 0.3) is 0 Å². The Morgan fingerprint density at radius 3 is 2.74 bits per heavy atom. The van der Waals surface area contributed by atoms with Crippen molar-refractivity contribution in [3.8, 4) is 5.75 Å². The van der Waals surface area contributed by atoms with E-state index in [2.05, 4.69) is 5.32 Å². The maximum absolute atomic E-state index is 11.9. The molecule has 0 spiro atoms. The first-order chi connectivity index (χ1) is 8.89. The van der Waals surface area contributed by atoms with Gasteiger partial charge in [-0.25, -0.2) is 0 Å². The van der Waals surface area contributed by atoms with Crippen LogP contribution < -0.4 is 10.1 Å². The van der Waals surface area contributed by atoms with Gasteiger partial charge in [0.15, 0.2) is 0 Å². The lowest BCUT2D eigenvalue weighted by Crippen LogP contribution is -2.47. The molecule has 0 heterocycles. The van der Waals surface area contributed by atoms with Gasteiger partial charge in [-0.15, -0.1) is 0 Å². The molecule has 0 aliphatic carbocycles. The summed E-state index contributed by atoms with van der Waals surface area (Å²) >= 11 is 0. The van der Waals surface area contributed by atoms with Gasteiger partial charge in [0.2, 0.25) is 5.91 Å². The highest BCUT2D eigenvalue weighted by Crippen LogP contribution is 2.17. The molecule has 0 bridgehead atoms. The predicted octanol–water partition coefficient (Wildman–Crippen LogP) is 1.34. The maximum Gasteiger partial charge on any atom is 0.238 e. The standard InChI is InChI=1S/C14H22N2O3/c1-14(2,10-17)16(3)9-13(18)15-11-6-5-7-12(8-11)19-4/h5-8,17H,9-10H2,1-4H3,(H,15,18). The Hall–Kier alpha value is -1.59. The van der Waals surface area contributed by atoms with E-state index in [0.717, 1.165) is 0 Å². The number of amides is 1. The number of aliphatic hydroxyl groups is 1. The van der Waals surface area contributed by atoms with E-state index in [1.165, 1.54) is 0 Å². The molecular weight excluding hydrogens is 244 g/mol. The van der Waals surface area contributed by atoms with Gasteiger partial charge in [-0.2, -0.15) is 0 Å². The molecule has 0 saturated heterocycles. The van der Waals surface area contributed by atoms with Gasteiger partial charge in [0.05, 0.1) is 20.3 Å². The van der Waals surface area contributed by atoms with Crippen molar-refractivity contribution in [2.24, 2.45) is 0 Å². The Labute approximate surface area is 114 Å². The minimum absolute atomic E-state index is 0.00403. The number of aliphatic hydroxyl groups excluding tert-OH is 1. The van der Waals surface area contributed by atoms with Gasteiger partial charge in [0.1, 0.15) is 5.75 Å². The third-order valence-electron chi connectivity index (χ3n) is 3.15.